The van der Waals surface area contributed by atoms with Crippen molar-refractivity contribution in [3.8, 4) is 0 Å². The van der Waals surface area contributed by atoms with E-state index < -0.39 is 0 Å². The van der Waals surface area contributed by atoms with E-state index in [0.717, 1.165) is 12.0 Å². The summed E-state index contributed by atoms with van der Waals surface area (Å²) < 4.78 is 0. The lowest BCUT2D eigenvalue weighted by molar-refractivity contribution is 0.0925. The lowest BCUT2D eigenvalue weighted by atomic mass is 10.0. The second-order valence-corrected chi connectivity index (χ2v) is 4.73. The van der Waals surface area contributed by atoms with E-state index >= 15 is 0 Å². The van der Waals surface area contributed by atoms with Crippen LogP contribution in [0.3, 0.4) is 0 Å². The molecule has 0 aliphatic carbocycles. The Morgan fingerprint density at radius 3 is 2.29 bits per heavy atom. The first-order valence-electron chi connectivity index (χ1n) is 7.08. The minimum atomic E-state index is -0.128. The van der Waals surface area contributed by atoms with Crippen molar-refractivity contribution >= 4 is 5.91 Å². The van der Waals surface area contributed by atoms with E-state index in [0.29, 0.717) is 5.56 Å². The molecule has 2 rings (SSSR count). The molecule has 3 heteroatoms. The number of nitrogens with one attached hydrogen (secondary N) is 2. The van der Waals surface area contributed by atoms with Crippen molar-refractivity contribution < 1.29 is 4.79 Å². The lowest BCUT2D eigenvalue weighted by Gasteiger charge is -2.18. The Morgan fingerprint density at radius 1 is 1.05 bits per heavy atom. The molecule has 0 radical (unpaired) electrons. The number of carbonyl (C=O) groups is 1. The maximum atomic E-state index is 12.1. The molecule has 2 aromatic rings. The molecule has 1 amide bonds. The lowest BCUT2D eigenvalue weighted by Crippen LogP contribution is -2.39. The number of hydrogen-bond acceptors (Lipinski definition) is 2. The summed E-state index contributed by atoms with van der Waals surface area (Å²) in [6.07, 6.45) is 4.91. The molecule has 0 aliphatic rings. The highest BCUT2D eigenvalue weighted by molar-refractivity contribution is 5.93. The van der Waals surface area contributed by atoms with Gasteiger partial charge in [-0.3, -0.25) is 10.2 Å². The van der Waals surface area contributed by atoms with Crippen LogP contribution < -0.4 is 10.9 Å². The van der Waals surface area contributed by atoms with Crippen molar-refractivity contribution in [3.05, 3.63) is 83.9 Å². The fraction of sp³-hybridized carbons (Fsp3) is 0.167. The van der Waals surface area contributed by atoms with Crippen molar-refractivity contribution in [3.63, 3.8) is 0 Å². The van der Waals surface area contributed by atoms with Gasteiger partial charge >= 0.3 is 0 Å². The second-order valence-electron chi connectivity index (χ2n) is 4.73. The second kappa shape index (κ2) is 8.02. The van der Waals surface area contributed by atoms with Crippen molar-refractivity contribution in [1.82, 2.24) is 10.9 Å². The zero-order valence-corrected chi connectivity index (χ0v) is 12.1. The van der Waals surface area contributed by atoms with Gasteiger partial charge in [0.05, 0.1) is 6.04 Å². The molecule has 108 valence electrons. The monoisotopic (exact) mass is 280 g/mol. The third-order valence-corrected chi connectivity index (χ3v) is 3.21. The molecule has 2 aromatic carbocycles. The number of hydrazine groups is 1. The van der Waals surface area contributed by atoms with Crippen molar-refractivity contribution in [2.45, 2.75) is 19.4 Å². The fourth-order valence-electron chi connectivity index (χ4n) is 2.05. The number of amides is 1. The van der Waals surface area contributed by atoms with Gasteiger partial charge in [0.15, 0.2) is 0 Å². The number of hydrogen-bond donors (Lipinski definition) is 2. The largest absolute Gasteiger partial charge is 0.287 e. The molecule has 3 nitrogen and oxygen atoms in total. The third-order valence-electron chi connectivity index (χ3n) is 3.21. The summed E-state index contributed by atoms with van der Waals surface area (Å²) in [7, 11) is 0. The highest BCUT2D eigenvalue weighted by atomic mass is 16.2. The first kappa shape index (κ1) is 15.0. The van der Waals surface area contributed by atoms with E-state index in [-0.39, 0.29) is 11.9 Å². The highest BCUT2D eigenvalue weighted by Gasteiger charge is 2.11. The van der Waals surface area contributed by atoms with Crippen LogP contribution in [-0.2, 0) is 0 Å². The Hall–Kier alpha value is -2.39. The molecule has 1 atom stereocenters. The number of allylic oxidation sites excluding steroid dienone is 1. The minimum absolute atomic E-state index is 0.0510. The standard InChI is InChI=1S/C18H20N2O/c1-2-3-14-17(15-10-6-4-7-11-15)19-20-18(21)16-12-8-5-9-13-16/h2-13,17,19H,14H2,1H3,(H,20,21)/b3-2+. The zero-order valence-electron chi connectivity index (χ0n) is 12.1. The van der Waals surface area contributed by atoms with Crippen molar-refractivity contribution in [2.75, 3.05) is 0 Å². The molecule has 0 aliphatic heterocycles. The van der Waals surface area contributed by atoms with E-state index in [1.807, 2.05) is 49.4 Å². The van der Waals surface area contributed by atoms with Gasteiger partial charge in [-0.25, -0.2) is 5.43 Å². The normalized spacial score (nSPS) is 12.2. The maximum Gasteiger partial charge on any atom is 0.265 e. The number of rotatable bonds is 6. The van der Waals surface area contributed by atoms with Crippen LogP contribution in [0.4, 0.5) is 0 Å². The van der Waals surface area contributed by atoms with Gasteiger partial charge in [0.25, 0.3) is 5.91 Å². The zero-order chi connectivity index (χ0) is 14.9. The van der Waals surface area contributed by atoms with E-state index in [4.69, 9.17) is 0 Å². The molecule has 0 bridgehead atoms. The van der Waals surface area contributed by atoms with Crippen LogP contribution in [0.25, 0.3) is 0 Å². The Labute approximate surface area is 125 Å². The van der Waals surface area contributed by atoms with Crippen molar-refractivity contribution in [2.24, 2.45) is 0 Å². The Kier molecular flexibility index (Phi) is 5.73. The van der Waals surface area contributed by atoms with Gasteiger partial charge in [0.1, 0.15) is 0 Å². The SMILES string of the molecule is C/C=C/CC(NNC(=O)c1ccccc1)c1ccccc1. The molecule has 0 saturated carbocycles. The maximum absolute atomic E-state index is 12.1. The molecule has 0 heterocycles. The van der Waals surface area contributed by atoms with Gasteiger partial charge in [0, 0.05) is 5.56 Å². The molecule has 21 heavy (non-hydrogen) atoms. The average molecular weight is 280 g/mol. The average Bonchev–Trinajstić information content (AvgIpc) is 2.56. The Bertz CT molecular complexity index is 579. The van der Waals surface area contributed by atoms with Gasteiger partial charge in [-0.1, -0.05) is 60.7 Å². The summed E-state index contributed by atoms with van der Waals surface area (Å²) in [5, 5.41) is 0. The molecular formula is C18H20N2O. The van der Waals surface area contributed by atoms with Crippen LogP contribution in [0.15, 0.2) is 72.8 Å². The topological polar surface area (TPSA) is 41.1 Å². The van der Waals surface area contributed by atoms with Gasteiger partial charge in [-0.2, -0.15) is 0 Å². The molecule has 0 fully saturated rings. The summed E-state index contributed by atoms with van der Waals surface area (Å²) in [6, 6.07) is 19.3. The predicted molar refractivity (Wildman–Crippen MR) is 85.7 cm³/mol. The summed E-state index contributed by atoms with van der Waals surface area (Å²) in [4.78, 5) is 12.1. The van der Waals surface area contributed by atoms with Crippen LogP contribution in [0.5, 0.6) is 0 Å². The van der Waals surface area contributed by atoms with Crippen LogP contribution >= 0.6 is 0 Å². The van der Waals surface area contributed by atoms with E-state index in [2.05, 4.69) is 29.1 Å². The molecule has 0 spiro atoms. The molecule has 0 aromatic heterocycles. The molecular weight excluding hydrogens is 260 g/mol. The Balaban J connectivity index is 2.01. The fourth-order valence-corrected chi connectivity index (χ4v) is 2.05. The summed E-state index contributed by atoms with van der Waals surface area (Å²) in [6.45, 7) is 1.99. The first-order chi connectivity index (χ1) is 10.3. The summed E-state index contributed by atoms with van der Waals surface area (Å²) in [5.41, 5.74) is 7.69. The number of carbonyl (C=O) groups excluding carboxylic acids is 1. The third kappa shape index (κ3) is 4.58. The van der Waals surface area contributed by atoms with Crippen LogP contribution in [0, 0.1) is 0 Å². The van der Waals surface area contributed by atoms with Crippen LogP contribution in [0.2, 0.25) is 0 Å². The van der Waals surface area contributed by atoms with E-state index in [1.54, 1.807) is 12.1 Å². The minimum Gasteiger partial charge on any atom is -0.287 e. The van der Waals surface area contributed by atoms with E-state index in [9.17, 15) is 4.79 Å². The quantitative estimate of drug-likeness (QED) is 0.626. The van der Waals surface area contributed by atoms with Crippen molar-refractivity contribution in [1.29, 1.82) is 0 Å². The van der Waals surface area contributed by atoms with Gasteiger partial charge in [0.2, 0.25) is 0 Å². The predicted octanol–water partition coefficient (Wildman–Crippen LogP) is 3.63. The smallest absolute Gasteiger partial charge is 0.265 e. The molecule has 2 N–H and O–H groups in total. The van der Waals surface area contributed by atoms with E-state index in [1.165, 1.54) is 0 Å². The number of benzene rings is 2. The van der Waals surface area contributed by atoms with Gasteiger partial charge in [-0.05, 0) is 31.0 Å². The summed E-state index contributed by atoms with van der Waals surface area (Å²) in [5.74, 6) is -0.128. The molecule has 1 unspecified atom stereocenters. The molecule has 0 saturated heterocycles. The highest BCUT2D eigenvalue weighted by Crippen LogP contribution is 2.16. The van der Waals surface area contributed by atoms with Gasteiger partial charge in [-0.15, -0.1) is 0 Å². The van der Waals surface area contributed by atoms with Crippen LogP contribution in [0.1, 0.15) is 35.3 Å². The summed E-state index contributed by atoms with van der Waals surface area (Å²) >= 11 is 0. The Morgan fingerprint density at radius 2 is 1.67 bits per heavy atom. The first-order valence-corrected chi connectivity index (χ1v) is 7.08. The van der Waals surface area contributed by atoms with Gasteiger partial charge < -0.3 is 0 Å². The van der Waals surface area contributed by atoms with Crippen LogP contribution in [-0.4, -0.2) is 5.91 Å².